The monoisotopic (exact) mass is 292 g/mol. The molecule has 2 heterocycles. The molecule has 0 bridgehead atoms. The number of hydrogen-bond acceptors (Lipinski definition) is 5. The number of likely N-dealkylation sites (N-methyl/N-ethyl adjacent to an activating group) is 1. The summed E-state index contributed by atoms with van der Waals surface area (Å²) in [5.41, 5.74) is 0.655. The molecule has 0 saturated carbocycles. The van der Waals surface area contributed by atoms with E-state index < -0.39 is 0 Å². The molecule has 0 fully saturated rings. The van der Waals surface area contributed by atoms with E-state index >= 15 is 0 Å². The van der Waals surface area contributed by atoms with Crippen LogP contribution in [0.4, 0.5) is 0 Å². The topological polar surface area (TPSA) is 61.9 Å². The molecule has 5 nitrogen and oxygen atoms in total. The van der Waals surface area contributed by atoms with Gasteiger partial charge in [0.1, 0.15) is 5.82 Å². The van der Waals surface area contributed by atoms with Gasteiger partial charge in [0.25, 0.3) is 5.56 Å². The van der Waals surface area contributed by atoms with Crippen molar-refractivity contribution in [3.05, 3.63) is 44.0 Å². The van der Waals surface area contributed by atoms with E-state index in [9.17, 15) is 4.79 Å². The number of aromatic nitrogens is 3. The van der Waals surface area contributed by atoms with E-state index in [-0.39, 0.29) is 11.6 Å². The highest BCUT2D eigenvalue weighted by atomic mass is 32.1. The summed E-state index contributed by atoms with van der Waals surface area (Å²) >= 11 is 1.73. The Morgan fingerprint density at radius 1 is 1.45 bits per heavy atom. The number of rotatable bonds is 5. The van der Waals surface area contributed by atoms with Crippen LogP contribution in [-0.2, 0) is 6.42 Å². The molecule has 1 atom stereocenters. The van der Waals surface area contributed by atoms with Crippen LogP contribution in [0, 0.1) is 13.8 Å². The predicted octanol–water partition coefficient (Wildman–Crippen LogP) is 2.08. The van der Waals surface area contributed by atoms with Crippen molar-refractivity contribution in [2.24, 2.45) is 0 Å². The summed E-state index contributed by atoms with van der Waals surface area (Å²) in [6.07, 6.45) is 2.82. The molecule has 0 aliphatic carbocycles. The summed E-state index contributed by atoms with van der Waals surface area (Å²) in [6, 6.07) is 1.58. The molecule has 0 aliphatic rings. The molecule has 1 N–H and O–H groups in total. The first-order chi connectivity index (χ1) is 9.45. The third-order valence-corrected chi connectivity index (χ3v) is 4.27. The Balaban J connectivity index is 2.00. The summed E-state index contributed by atoms with van der Waals surface area (Å²) in [4.78, 5) is 26.5. The molecule has 0 saturated heterocycles. The van der Waals surface area contributed by atoms with E-state index in [0.29, 0.717) is 5.82 Å². The Hall–Kier alpha value is -1.53. The largest absolute Gasteiger partial charge is 0.309 e. The van der Waals surface area contributed by atoms with E-state index in [1.54, 1.807) is 11.3 Å². The van der Waals surface area contributed by atoms with Gasteiger partial charge >= 0.3 is 0 Å². The molecule has 0 aromatic carbocycles. The Morgan fingerprint density at radius 2 is 2.20 bits per heavy atom. The average molecular weight is 292 g/mol. The number of aromatic amines is 1. The van der Waals surface area contributed by atoms with Crippen LogP contribution in [0.1, 0.15) is 34.4 Å². The molecule has 6 heteroatoms. The zero-order chi connectivity index (χ0) is 14.7. The van der Waals surface area contributed by atoms with Crippen molar-refractivity contribution in [3.8, 4) is 0 Å². The highest BCUT2D eigenvalue weighted by Crippen LogP contribution is 2.16. The minimum absolute atomic E-state index is 0.0728. The summed E-state index contributed by atoms with van der Waals surface area (Å²) in [5, 5.41) is 1.15. The SMILES string of the molecule is Cc1cc(=O)[nH]c([C@@H](C)N(C)CCc2ncc(C)s2)n1. The van der Waals surface area contributed by atoms with Crippen molar-refractivity contribution in [1.82, 2.24) is 19.9 Å². The van der Waals surface area contributed by atoms with Gasteiger partial charge in [-0.05, 0) is 27.8 Å². The van der Waals surface area contributed by atoms with E-state index in [1.165, 1.54) is 10.9 Å². The highest BCUT2D eigenvalue weighted by Gasteiger charge is 2.15. The summed E-state index contributed by atoms with van der Waals surface area (Å²) in [6.45, 7) is 6.83. The maximum Gasteiger partial charge on any atom is 0.251 e. The summed E-state index contributed by atoms with van der Waals surface area (Å²) in [7, 11) is 2.04. The average Bonchev–Trinajstić information content (AvgIpc) is 2.79. The lowest BCUT2D eigenvalue weighted by molar-refractivity contribution is 0.254. The van der Waals surface area contributed by atoms with Crippen molar-refractivity contribution >= 4 is 11.3 Å². The first-order valence-corrected chi connectivity index (χ1v) is 7.47. The standard InChI is InChI=1S/C14H20N4OS/c1-9-7-12(19)17-14(16-9)11(3)18(4)6-5-13-15-8-10(2)20-13/h7-8,11H,5-6H2,1-4H3,(H,16,17,19)/t11-/m1/s1. The second kappa shape index (κ2) is 6.28. The molecule has 0 spiro atoms. The number of aryl methyl sites for hydroxylation is 2. The second-order valence-corrected chi connectivity index (χ2v) is 6.36. The number of hydrogen-bond donors (Lipinski definition) is 1. The Kier molecular flexibility index (Phi) is 4.67. The Morgan fingerprint density at radius 3 is 2.80 bits per heavy atom. The van der Waals surface area contributed by atoms with E-state index in [1.807, 2.05) is 27.1 Å². The van der Waals surface area contributed by atoms with Crippen molar-refractivity contribution in [3.63, 3.8) is 0 Å². The molecule has 20 heavy (non-hydrogen) atoms. The molecule has 2 aromatic heterocycles. The zero-order valence-electron chi connectivity index (χ0n) is 12.3. The van der Waals surface area contributed by atoms with Crippen LogP contribution >= 0.6 is 11.3 Å². The quantitative estimate of drug-likeness (QED) is 0.916. The van der Waals surface area contributed by atoms with Crippen LogP contribution in [0.5, 0.6) is 0 Å². The fourth-order valence-corrected chi connectivity index (χ4v) is 2.77. The van der Waals surface area contributed by atoms with Gasteiger partial charge in [-0.1, -0.05) is 0 Å². The lowest BCUT2D eigenvalue weighted by atomic mass is 10.2. The summed E-state index contributed by atoms with van der Waals surface area (Å²) in [5.74, 6) is 0.716. The van der Waals surface area contributed by atoms with Gasteiger partial charge in [0.2, 0.25) is 0 Å². The van der Waals surface area contributed by atoms with Gasteiger partial charge in [0.15, 0.2) is 0 Å². The van der Waals surface area contributed by atoms with Gasteiger partial charge in [-0.3, -0.25) is 9.69 Å². The lowest BCUT2D eigenvalue weighted by Gasteiger charge is -2.23. The molecular formula is C14H20N4OS. The fourth-order valence-electron chi connectivity index (χ4n) is 1.99. The third-order valence-electron chi connectivity index (χ3n) is 3.29. The molecule has 108 valence electrons. The van der Waals surface area contributed by atoms with Gasteiger partial charge in [-0.15, -0.1) is 11.3 Å². The maximum absolute atomic E-state index is 11.5. The summed E-state index contributed by atoms with van der Waals surface area (Å²) < 4.78 is 0. The molecule has 0 unspecified atom stereocenters. The van der Waals surface area contributed by atoms with Crippen LogP contribution < -0.4 is 5.56 Å². The zero-order valence-corrected chi connectivity index (χ0v) is 13.1. The number of thiazole rings is 1. The molecule has 2 aromatic rings. The van der Waals surface area contributed by atoms with Crippen LogP contribution in [0.15, 0.2) is 17.1 Å². The second-order valence-electron chi connectivity index (χ2n) is 5.04. The normalized spacial score (nSPS) is 12.8. The Labute approximate surface area is 122 Å². The van der Waals surface area contributed by atoms with Crippen molar-refractivity contribution in [2.75, 3.05) is 13.6 Å². The molecule has 0 radical (unpaired) electrons. The molecule has 2 rings (SSSR count). The van der Waals surface area contributed by atoms with Crippen molar-refractivity contribution < 1.29 is 0 Å². The molecule has 0 aliphatic heterocycles. The minimum Gasteiger partial charge on any atom is -0.309 e. The van der Waals surface area contributed by atoms with E-state index in [4.69, 9.17) is 0 Å². The fraction of sp³-hybridized carbons (Fsp3) is 0.500. The maximum atomic E-state index is 11.5. The van der Waals surface area contributed by atoms with E-state index in [0.717, 1.165) is 23.7 Å². The number of H-pyrrole nitrogens is 1. The Bertz CT molecular complexity index is 634. The van der Waals surface area contributed by atoms with Gasteiger partial charge in [0.05, 0.1) is 11.0 Å². The van der Waals surface area contributed by atoms with Crippen LogP contribution in [0.3, 0.4) is 0 Å². The molecular weight excluding hydrogens is 272 g/mol. The van der Waals surface area contributed by atoms with Crippen LogP contribution in [-0.4, -0.2) is 33.4 Å². The van der Waals surface area contributed by atoms with Gasteiger partial charge < -0.3 is 4.98 Å². The predicted molar refractivity (Wildman–Crippen MR) is 81.2 cm³/mol. The molecule has 0 amide bonds. The van der Waals surface area contributed by atoms with Crippen LogP contribution in [0.2, 0.25) is 0 Å². The van der Waals surface area contributed by atoms with Crippen LogP contribution in [0.25, 0.3) is 0 Å². The third kappa shape index (κ3) is 3.74. The number of nitrogens with one attached hydrogen (secondary N) is 1. The van der Waals surface area contributed by atoms with Gasteiger partial charge in [-0.25, -0.2) is 9.97 Å². The highest BCUT2D eigenvalue weighted by molar-refractivity contribution is 7.11. The minimum atomic E-state index is -0.0942. The van der Waals surface area contributed by atoms with Crippen molar-refractivity contribution in [1.29, 1.82) is 0 Å². The van der Waals surface area contributed by atoms with Gasteiger partial charge in [-0.2, -0.15) is 0 Å². The first kappa shape index (κ1) is 14.9. The van der Waals surface area contributed by atoms with Crippen molar-refractivity contribution in [2.45, 2.75) is 33.2 Å². The lowest BCUT2D eigenvalue weighted by Crippen LogP contribution is -2.28. The smallest absolute Gasteiger partial charge is 0.251 e. The number of nitrogens with zero attached hydrogens (tertiary/aromatic N) is 3. The van der Waals surface area contributed by atoms with E-state index in [2.05, 4.69) is 26.8 Å². The first-order valence-electron chi connectivity index (χ1n) is 6.65. The van der Waals surface area contributed by atoms with Gasteiger partial charge in [0, 0.05) is 35.8 Å².